The number of nitrogens with one attached hydrogen (secondary N) is 1. The van der Waals surface area contributed by atoms with Crippen molar-refractivity contribution in [1.29, 1.82) is 0 Å². The van der Waals surface area contributed by atoms with E-state index >= 15 is 0 Å². The highest BCUT2D eigenvalue weighted by atomic mass is 16.5. The van der Waals surface area contributed by atoms with Crippen molar-refractivity contribution >= 4 is 17.6 Å². The van der Waals surface area contributed by atoms with Crippen LogP contribution in [0.3, 0.4) is 0 Å². The Labute approximate surface area is 116 Å². The van der Waals surface area contributed by atoms with Crippen molar-refractivity contribution in [3.05, 3.63) is 29.8 Å². The van der Waals surface area contributed by atoms with E-state index in [-0.39, 0.29) is 18.9 Å². The first kappa shape index (κ1) is 14.5. The fourth-order valence-corrected chi connectivity index (χ4v) is 2.07. The Bertz CT molecular complexity index is 510. The van der Waals surface area contributed by atoms with Gasteiger partial charge in [0.15, 0.2) is 0 Å². The molecule has 1 unspecified atom stereocenters. The average Bonchev–Trinajstić information content (AvgIpc) is 2.85. The lowest BCUT2D eigenvalue weighted by Gasteiger charge is -2.20. The van der Waals surface area contributed by atoms with Crippen LogP contribution >= 0.6 is 0 Å². The molecule has 1 fully saturated rings. The minimum atomic E-state index is -0.975. The molecule has 4 N–H and O–H groups in total. The second-order valence-electron chi connectivity index (χ2n) is 5.01. The predicted octanol–water partition coefficient (Wildman–Crippen LogP) is 0.760. The molecule has 1 aliphatic rings. The number of anilines is 1. The number of rotatable bonds is 5. The van der Waals surface area contributed by atoms with Crippen LogP contribution in [-0.2, 0) is 20.7 Å². The van der Waals surface area contributed by atoms with Crippen molar-refractivity contribution in [1.82, 2.24) is 0 Å². The molecule has 1 saturated heterocycles. The van der Waals surface area contributed by atoms with E-state index in [2.05, 4.69) is 5.32 Å². The lowest BCUT2D eigenvalue weighted by Crippen LogP contribution is -2.51. The molecule has 1 atom stereocenters. The van der Waals surface area contributed by atoms with Gasteiger partial charge in [-0.2, -0.15) is 0 Å². The number of carbonyl (C=O) groups is 2. The molecular formula is C14H18N2O4. The summed E-state index contributed by atoms with van der Waals surface area (Å²) >= 11 is 0. The van der Waals surface area contributed by atoms with E-state index in [1.54, 1.807) is 18.2 Å². The number of aliphatic carboxylic acids is 1. The van der Waals surface area contributed by atoms with Gasteiger partial charge in [0.1, 0.15) is 5.54 Å². The van der Waals surface area contributed by atoms with Crippen molar-refractivity contribution in [2.24, 2.45) is 5.73 Å². The maximum Gasteiger partial charge on any atom is 0.303 e. The van der Waals surface area contributed by atoms with Gasteiger partial charge in [-0.05, 0) is 30.5 Å². The number of benzene rings is 1. The van der Waals surface area contributed by atoms with E-state index in [0.717, 1.165) is 5.56 Å². The summed E-state index contributed by atoms with van der Waals surface area (Å²) in [7, 11) is 0. The van der Waals surface area contributed by atoms with Crippen molar-refractivity contribution in [3.8, 4) is 0 Å². The van der Waals surface area contributed by atoms with Gasteiger partial charge in [-0.3, -0.25) is 9.59 Å². The smallest absolute Gasteiger partial charge is 0.303 e. The highest BCUT2D eigenvalue weighted by Crippen LogP contribution is 2.19. The minimum absolute atomic E-state index is 0.0616. The van der Waals surface area contributed by atoms with E-state index in [9.17, 15) is 9.59 Å². The first-order valence-electron chi connectivity index (χ1n) is 6.48. The molecule has 2 rings (SSSR count). The molecule has 20 heavy (non-hydrogen) atoms. The quantitative estimate of drug-likeness (QED) is 0.738. The Kier molecular flexibility index (Phi) is 4.36. The molecule has 1 aliphatic heterocycles. The van der Waals surface area contributed by atoms with Gasteiger partial charge < -0.3 is 20.9 Å². The second-order valence-corrected chi connectivity index (χ2v) is 5.01. The minimum Gasteiger partial charge on any atom is -0.481 e. The molecule has 1 aromatic rings. The third kappa shape index (κ3) is 3.55. The zero-order chi connectivity index (χ0) is 14.6. The van der Waals surface area contributed by atoms with Gasteiger partial charge >= 0.3 is 5.97 Å². The van der Waals surface area contributed by atoms with Gasteiger partial charge in [0.2, 0.25) is 5.91 Å². The third-order valence-corrected chi connectivity index (χ3v) is 3.32. The Hall–Kier alpha value is -1.92. The second kappa shape index (κ2) is 6.02. The van der Waals surface area contributed by atoms with E-state index < -0.39 is 11.5 Å². The summed E-state index contributed by atoms with van der Waals surface area (Å²) < 4.78 is 5.16. The molecule has 0 aromatic heterocycles. The molecule has 6 heteroatoms. The van der Waals surface area contributed by atoms with Crippen molar-refractivity contribution in [2.45, 2.75) is 24.8 Å². The zero-order valence-electron chi connectivity index (χ0n) is 11.1. The predicted molar refractivity (Wildman–Crippen MR) is 73.4 cm³/mol. The van der Waals surface area contributed by atoms with Gasteiger partial charge in [0, 0.05) is 18.7 Å². The summed E-state index contributed by atoms with van der Waals surface area (Å²) in [6.45, 7) is 0.708. The van der Waals surface area contributed by atoms with Crippen LogP contribution in [0.25, 0.3) is 0 Å². The number of carboxylic acids is 1. The highest BCUT2D eigenvalue weighted by molar-refractivity contribution is 5.98. The maximum atomic E-state index is 12.1. The molecule has 108 valence electrons. The molecule has 0 bridgehead atoms. The average molecular weight is 278 g/mol. The maximum absolute atomic E-state index is 12.1. The number of hydrogen-bond acceptors (Lipinski definition) is 4. The lowest BCUT2D eigenvalue weighted by molar-refractivity contribution is -0.137. The zero-order valence-corrected chi connectivity index (χ0v) is 11.1. The number of ether oxygens (including phenoxy) is 1. The summed E-state index contributed by atoms with van der Waals surface area (Å²) in [6, 6.07) is 7.12. The number of carbonyl (C=O) groups excluding carboxylic acids is 1. The molecule has 6 nitrogen and oxygen atoms in total. The number of aryl methyl sites for hydroxylation is 1. The number of amides is 1. The molecular weight excluding hydrogens is 260 g/mol. The number of carboxylic acid groups (broad SMARTS) is 1. The Morgan fingerprint density at radius 1 is 1.45 bits per heavy atom. The molecule has 1 heterocycles. The normalized spacial score (nSPS) is 21.6. The molecule has 0 saturated carbocycles. The van der Waals surface area contributed by atoms with Crippen LogP contribution in [0.5, 0.6) is 0 Å². The van der Waals surface area contributed by atoms with E-state index in [4.69, 9.17) is 15.6 Å². The molecule has 1 amide bonds. The SMILES string of the molecule is NC1(C(=O)Nc2cccc(CCC(=O)O)c2)CCOC1. The fourth-order valence-electron chi connectivity index (χ4n) is 2.07. The summed E-state index contributed by atoms with van der Waals surface area (Å²) in [5.41, 5.74) is 6.48. The van der Waals surface area contributed by atoms with Gasteiger partial charge in [-0.1, -0.05) is 12.1 Å². The molecule has 0 aliphatic carbocycles. The van der Waals surface area contributed by atoms with Gasteiger partial charge in [-0.25, -0.2) is 0 Å². The van der Waals surface area contributed by atoms with Crippen LogP contribution in [-0.4, -0.2) is 35.7 Å². The standard InChI is InChI=1S/C14H18N2O4/c15-14(6-7-20-9-14)13(19)16-11-3-1-2-10(8-11)4-5-12(17)18/h1-3,8H,4-7,9,15H2,(H,16,19)(H,17,18). The van der Waals surface area contributed by atoms with Crippen LogP contribution in [0.2, 0.25) is 0 Å². The van der Waals surface area contributed by atoms with Crippen LogP contribution in [0.4, 0.5) is 5.69 Å². The van der Waals surface area contributed by atoms with Crippen LogP contribution in [0.15, 0.2) is 24.3 Å². The first-order valence-corrected chi connectivity index (χ1v) is 6.48. The highest BCUT2D eigenvalue weighted by Gasteiger charge is 2.38. The summed E-state index contributed by atoms with van der Waals surface area (Å²) in [5, 5.41) is 11.4. The largest absolute Gasteiger partial charge is 0.481 e. The van der Waals surface area contributed by atoms with Crippen molar-refractivity contribution in [3.63, 3.8) is 0 Å². The van der Waals surface area contributed by atoms with E-state index in [1.807, 2.05) is 6.07 Å². The van der Waals surface area contributed by atoms with Crippen molar-refractivity contribution < 1.29 is 19.4 Å². The van der Waals surface area contributed by atoms with Crippen LogP contribution in [0, 0.1) is 0 Å². The molecule has 0 spiro atoms. The van der Waals surface area contributed by atoms with Crippen molar-refractivity contribution in [2.75, 3.05) is 18.5 Å². The Balaban J connectivity index is 2.00. The number of hydrogen-bond donors (Lipinski definition) is 3. The summed E-state index contributed by atoms with van der Waals surface area (Å²) in [5.74, 6) is -1.12. The molecule has 1 aromatic carbocycles. The molecule has 0 radical (unpaired) electrons. The Morgan fingerprint density at radius 3 is 2.90 bits per heavy atom. The monoisotopic (exact) mass is 278 g/mol. The van der Waals surface area contributed by atoms with Crippen LogP contribution < -0.4 is 11.1 Å². The Morgan fingerprint density at radius 2 is 2.25 bits per heavy atom. The van der Waals surface area contributed by atoms with Crippen LogP contribution in [0.1, 0.15) is 18.4 Å². The summed E-state index contributed by atoms with van der Waals surface area (Å²) in [6.07, 6.45) is 0.986. The fraction of sp³-hybridized carbons (Fsp3) is 0.429. The topological polar surface area (TPSA) is 102 Å². The van der Waals surface area contributed by atoms with Gasteiger partial charge in [0.25, 0.3) is 0 Å². The lowest BCUT2D eigenvalue weighted by atomic mass is 9.99. The van der Waals surface area contributed by atoms with E-state index in [1.165, 1.54) is 0 Å². The third-order valence-electron chi connectivity index (χ3n) is 3.32. The first-order chi connectivity index (χ1) is 9.49. The summed E-state index contributed by atoms with van der Waals surface area (Å²) in [4.78, 5) is 22.7. The van der Waals surface area contributed by atoms with E-state index in [0.29, 0.717) is 25.1 Å². The van der Waals surface area contributed by atoms with Gasteiger partial charge in [-0.15, -0.1) is 0 Å². The van der Waals surface area contributed by atoms with Gasteiger partial charge in [0.05, 0.1) is 6.61 Å². The number of nitrogens with two attached hydrogens (primary N) is 1.